The molecule has 4 aromatic rings. The van der Waals surface area contributed by atoms with Gasteiger partial charge in [-0.05, 0) is 34.5 Å². The maximum absolute atomic E-state index is 4.81. The zero-order valence-corrected chi connectivity index (χ0v) is 15.6. The minimum absolute atomic E-state index is 0. The van der Waals surface area contributed by atoms with Crippen molar-refractivity contribution < 1.29 is 18.6 Å². The van der Waals surface area contributed by atoms with Crippen LogP contribution in [-0.2, 0) is 18.6 Å². The first-order chi connectivity index (χ1) is 12.4. The van der Waals surface area contributed by atoms with Gasteiger partial charge in [0.05, 0.1) is 5.69 Å². The summed E-state index contributed by atoms with van der Waals surface area (Å²) in [6, 6.07) is 32.5. The molecule has 125 valence electrons. The van der Waals surface area contributed by atoms with E-state index < -0.39 is 0 Å². The van der Waals surface area contributed by atoms with Gasteiger partial charge in [-0.25, -0.2) is 0 Å². The molecule has 0 spiro atoms. The van der Waals surface area contributed by atoms with E-state index >= 15 is 0 Å². The molecule has 0 aliphatic rings. The Morgan fingerprint density at radius 2 is 1.23 bits per heavy atom. The molecule has 0 fully saturated rings. The Morgan fingerprint density at radius 1 is 0.654 bits per heavy atom. The van der Waals surface area contributed by atoms with Crippen molar-refractivity contribution in [2.45, 2.75) is 0 Å². The molecule has 0 atom stereocenters. The number of hydrogen-bond donors (Lipinski definition) is 0. The van der Waals surface area contributed by atoms with E-state index in [1.54, 1.807) is 0 Å². The van der Waals surface area contributed by atoms with Crippen LogP contribution < -0.4 is 0 Å². The first-order valence-corrected chi connectivity index (χ1v) is 8.27. The van der Waals surface area contributed by atoms with Crippen LogP contribution in [0.1, 0.15) is 5.56 Å². The standard InChI is InChI=1S/C23H17N2.V/c1-3-11-21(12-4-1)24-17-20-15-18-9-7-8-10-19(18)16-23(20)25-22-13-5-2-6-14-22;/h1-17H;/q-1;. The van der Waals surface area contributed by atoms with Gasteiger partial charge < -0.3 is 5.32 Å². The third-order valence-corrected chi connectivity index (χ3v) is 4.01. The summed E-state index contributed by atoms with van der Waals surface area (Å²) in [5.41, 5.74) is 3.80. The Bertz CT molecular complexity index is 1010. The topological polar surface area (TPSA) is 26.5 Å². The molecule has 0 saturated carbocycles. The quantitative estimate of drug-likeness (QED) is 0.348. The van der Waals surface area contributed by atoms with Crippen molar-refractivity contribution >= 4 is 34.0 Å². The van der Waals surface area contributed by atoms with Crippen molar-refractivity contribution in [1.29, 1.82) is 0 Å². The second kappa shape index (κ2) is 8.53. The average Bonchev–Trinajstić information content (AvgIpc) is 2.68. The van der Waals surface area contributed by atoms with E-state index in [9.17, 15) is 0 Å². The van der Waals surface area contributed by atoms with Crippen LogP contribution in [-0.4, -0.2) is 6.21 Å². The van der Waals surface area contributed by atoms with Crippen molar-refractivity contribution in [1.82, 2.24) is 0 Å². The summed E-state index contributed by atoms with van der Waals surface area (Å²) < 4.78 is 0. The normalized spacial score (nSPS) is 10.6. The molecule has 0 aromatic heterocycles. The van der Waals surface area contributed by atoms with E-state index in [-0.39, 0.29) is 18.6 Å². The van der Waals surface area contributed by atoms with Gasteiger partial charge in [-0.1, -0.05) is 78.9 Å². The fraction of sp³-hybridized carbons (Fsp3) is 0. The molecule has 2 nitrogen and oxygen atoms in total. The third kappa shape index (κ3) is 4.23. The Hall–Kier alpha value is -2.81. The number of para-hydroxylation sites is 2. The van der Waals surface area contributed by atoms with E-state index in [2.05, 4.69) is 35.3 Å². The van der Waals surface area contributed by atoms with Crippen molar-refractivity contribution in [3.05, 3.63) is 108 Å². The number of nitrogens with zero attached hydrogens (tertiary/aromatic N) is 2. The number of fused-ring (bicyclic) bond motifs is 1. The number of aliphatic imine (C=N–C) groups is 1. The summed E-state index contributed by atoms with van der Waals surface area (Å²) >= 11 is 0. The van der Waals surface area contributed by atoms with Crippen molar-refractivity contribution in [2.75, 3.05) is 0 Å². The second-order valence-corrected chi connectivity index (χ2v) is 5.80. The van der Waals surface area contributed by atoms with Crippen molar-refractivity contribution in [3.63, 3.8) is 0 Å². The Morgan fingerprint density at radius 3 is 1.92 bits per heavy atom. The summed E-state index contributed by atoms with van der Waals surface area (Å²) in [6.45, 7) is 0. The van der Waals surface area contributed by atoms with Crippen molar-refractivity contribution in [3.8, 4) is 0 Å². The van der Waals surface area contributed by atoms with Crippen molar-refractivity contribution in [2.24, 2.45) is 4.99 Å². The minimum Gasteiger partial charge on any atom is -0.657 e. The van der Waals surface area contributed by atoms with Crippen LogP contribution in [0.2, 0.25) is 0 Å². The van der Waals surface area contributed by atoms with E-state index in [0.29, 0.717) is 0 Å². The second-order valence-electron chi connectivity index (χ2n) is 5.80. The molecular weight excluding hydrogens is 355 g/mol. The molecule has 0 heterocycles. The van der Waals surface area contributed by atoms with Crippen LogP contribution in [0.5, 0.6) is 0 Å². The number of benzene rings is 4. The molecule has 3 heteroatoms. The fourth-order valence-corrected chi connectivity index (χ4v) is 2.75. The van der Waals surface area contributed by atoms with Crippen LogP contribution in [0.15, 0.2) is 102 Å². The van der Waals surface area contributed by atoms with Crippen LogP contribution in [0.25, 0.3) is 16.1 Å². The summed E-state index contributed by atoms with van der Waals surface area (Å²) in [5, 5.41) is 7.17. The van der Waals surface area contributed by atoms with Crippen LogP contribution >= 0.6 is 0 Å². The van der Waals surface area contributed by atoms with E-state index in [4.69, 9.17) is 5.32 Å². The Balaban J connectivity index is 0.00000196. The summed E-state index contributed by atoms with van der Waals surface area (Å²) in [7, 11) is 0. The maximum Gasteiger partial charge on any atom is 0.0629 e. The van der Waals surface area contributed by atoms with E-state index in [1.165, 1.54) is 10.8 Å². The van der Waals surface area contributed by atoms with E-state index in [1.807, 2.05) is 72.9 Å². The van der Waals surface area contributed by atoms with Gasteiger partial charge in [-0.2, -0.15) is 0 Å². The molecule has 0 N–H and O–H groups in total. The molecule has 0 bridgehead atoms. The molecule has 26 heavy (non-hydrogen) atoms. The predicted octanol–water partition coefficient (Wildman–Crippen LogP) is 6.92. The zero-order valence-electron chi connectivity index (χ0n) is 14.2. The number of hydrogen-bond acceptors (Lipinski definition) is 1. The molecule has 0 unspecified atom stereocenters. The van der Waals surface area contributed by atoms with Crippen LogP contribution in [0, 0.1) is 0 Å². The number of rotatable bonds is 4. The molecule has 0 saturated heterocycles. The monoisotopic (exact) mass is 372 g/mol. The van der Waals surface area contributed by atoms with Gasteiger partial charge in [0.1, 0.15) is 0 Å². The van der Waals surface area contributed by atoms with Crippen LogP contribution in [0.3, 0.4) is 0 Å². The first-order valence-electron chi connectivity index (χ1n) is 8.27. The fourth-order valence-electron chi connectivity index (χ4n) is 2.75. The summed E-state index contributed by atoms with van der Waals surface area (Å²) in [5.74, 6) is 0. The summed E-state index contributed by atoms with van der Waals surface area (Å²) in [4.78, 5) is 4.60. The average molecular weight is 372 g/mol. The largest absolute Gasteiger partial charge is 0.657 e. The minimum atomic E-state index is 0. The van der Waals surface area contributed by atoms with Gasteiger partial charge in [0.25, 0.3) is 0 Å². The summed E-state index contributed by atoms with van der Waals surface area (Å²) in [6.07, 6.45) is 1.89. The van der Waals surface area contributed by atoms with E-state index in [0.717, 1.165) is 22.6 Å². The van der Waals surface area contributed by atoms with Gasteiger partial charge in [-0.15, -0.1) is 11.4 Å². The Kier molecular flexibility index (Phi) is 5.90. The van der Waals surface area contributed by atoms with Gasteiger partial charge in [0.2, 0.25) is 0 Å². The van der Waals surface area contributed by atoms with Gasteiger partial charge in [-0.3, -0.25) is 4.99 Å². The molecule has 4 rings (SSSR count). The molecule has 1 radical (unpaired) electrons. The van der Waals surface area contributed by atoms with Gasteiger partial charge >= 0.3 is 0 Å². The Labute approximate surface area is 165 Å². The SMILES string of the molecule is C(=Nc1ccccc1)c1cc2ccccc2cc1[N-]c1ccccc1.[V]. The molecule has 0 aliphatic carbocycles. The van der Waals surface area contributed by atoms with Crippen LogP contribution in [0.4, 0.5) is 17.1 Å². The van der Waals surface area contributed by atoms with Gasteiger partial charge in [0, 0.05) is 24.8 Å². The smallest absolute Gasteiger partial charge is 0.0629 e. The van der Waals surface area contributed by atoms with Gasteiger partial charge in [0.15, 0.2) is 0 Å². The molecule has 4 aromatic carbocycles. The maximum atomic E-state index is 4.81. The first kappa shape index (κ1) is 18.0. The molecule has 0 aliphatic heterocycles. The molecular formula is C23H17N2V-. The zero-order chi connectivity index (χ0) is 16.9. The predicted molar refractivity (Wildman–Crippen MR) is 107 cm³/mol. The third-order valence-electron chi connectivity index (χ3n) is 4.01. The molecule has 0 amide bonds.